The van der Waals surface area contributed by atoms with Crippen molar-refractivity contribution in [2.75, 3.05) is 19.0 Å². The number of carbonyl (C=O) groups excluding carboxylic acids is 1. The second kappa shape index (κ2) is 6.70. The molecule has 102 valence electrons. The zero-order valence-corrected chi connectivity index (χ0v) is 11.1. The molecule has 1 aliphatic heterocycles. The second-order valence-corrected chi connectivity index (χ2v) is 5.21. The van der Waals surface area contributed by atoms with E-state index in [-0.39, 0.29) is 19.1 Å². The van der Waals surface area contributed by atoms with Gasteiger partial charge in [-0.15, -0.1) is 11.8 Å². The van der Waals surface area contributed by atoms with Crippen LogP contribution >= 0.6 is 11.8 Å². The van der Waals surface area contributed by atoms with Gasteiger partial charge in [-0.3, -0.25) is 9.79 Å². The summed E-state index contributed by atoms with van der Waals surface area (Å²) in [6, 6.07) is 8.63. The molecule has 0 aliphatic carbocycles. The Morgan fingerprint density at radius 1 is 1.37 bits per heavy atom. The van der Waals surface area contributed by atoms with Crippen molar-refractivity contribution in [1.29, 1.82) is 0 Å². The molecule has 0 saturated carbocycles. The van der Waals surface area contributed by atoms with Crippen LogP contribution in [-0.2, 0) is 4.79 Å². The molecular weight excluding hydrogens is 264 g/mol. The van der Waals surface area contributed by atoms with Gasteiger partial charge in [0.1, 0.15) is 6.04 Å². The molecule has 1 heterocycles. The highest BCUT2D eigenvalue weighted by molar-refractivity contribution is 8.14. The van der Waals surface area contributed by atoms with Crippen LogP contribution < -0.4 is 5.32 Å². The van der Waals surface area contributed by atoms with Crippen LogP contribution in [0.3, 0.4) is 0 Å². The average molecular weight is 280 g/mol. The van der Waals surface area contributed by atoms with Gasteiger partial charge in [-0.1, -0.05) is 30.3 Å². The third-order valence-corrected chi connectivity index (χ3v) is 3.86. The van der Waals surface area contributed by atoms with Crippen molar-refractivity contribution in [1.82, 2.24) is 5.32 Å². The van der Waals surface area contributed by atoms with Crippen LogP contribution in [0.1, 0.15) is 5.56 Å². The Labute approximate surface area is 115 Å². The summed E-state index contributed by atoms with van der Waals surface area (Å²) in [5.74, 6) is 0.325. The van der Waals surface area contributed by atoms with Crippen LogP contribution in [0.15, 0.2) is 35.3 Å². The SMILES string of the molecule is O=C(NC(CO)CO)C1CSC(c2ccccc2)=N1. The van der Waals surface area contributed by atoms with Crippen LogP contribution in [0, 0.1) is 0 Å². The molecule has 1 atom stereocenters. The molecule has 0 spiro atoms. The summed E-state index contributed by atoms with van der Waals surface area (Å²) in [4.78, 5) is 16.3. The molecule has 2 rings (SSSR count). The fraction of sp³-hybridized carbons (Fsp3) is 0.385. The van der Waals surface area contributed by atoms with Crippen molar-refractivity contribution in [3.63, 3.8) is 0 Å². The Morgan fingerprint density at radius 2 is 2.05 bits per heavy atom. The number of aliphatic hydroxyl groups excluding tert-OH is 2. The summed E-state index contributed by atoms with van der Waals surface area (Å²) in [6.07, 6.45) is 0. The molecule has 1 aromatic rings. The number of hydrogen-bond donors (Lipinski definition) is 3. The standard InChI is InChI=1S/C13H16N2O3S/c16-6-10(7-17)14-12(18)11-8-19-13(15-11)9-4-2-1-3-5-9/h1-5,10-11,16-17H,6-8H2,(H,14,18). The Morgan fingerprint density at radius 3 is 2.68 bits per heavy atom. The number of nitrogens with one attached hydrogen (secondary N) is 1. The minimum Gasteiger partial charge on any atom is -0.394 e. The first-order valence-electron chi connectivity index (χ1n) is 6.02. The number of benzene rings is 1. The van der Waals surface area contributed by atoms with Gasteiger partial charge in [0.15, 0.2) is 0 Å². The van der Waals surface area contributed by atoms with E-state index in [0.29, 0.717) is 5.75 Å². The van der Waals surface area contributed by atoms with E-state index >= 15 is 0 Å². The first-order valence-corrected chi connectivity index (χ1v) is 7.01. The number of amides is 1. The molecule has 3 N–H and O–H groups in total. The number of aliphatic hydroxyl groups is 2. The molecule has 0 fully saturated rings. The quantitative estimate of drug-likeness (QED) is 0.710. The smallest absolute Gasteiger partial charge is 0.246 e. The third kappa shape index (κ3) is 3.56. The maximum atomic E-state index is 11.9. The zero-order chi connectivity index (χ0) is 13.7. The van der Waals surface area contributed by atoms with Crippen molar-refractivity contribution in [3.05, 3.63) is 35.9 Å². The summed E-state index contributed by atoms with van der Waals surface area (Å²) >= 11 is 1.54. The fourth-order valence-electron chi connectivity index (χ4n) is 1.69. The third-order valence-electron chi connectivity index (χ3n) is 2.76. The van der Waals surface area contributed by atoms with Crippen LogP contribution in [-0.4, -0.2) is 52.2 Å². The van der Waals surface area contributed by atoms with E-state index in [1.165, 1.54) is 11.8 Å². The summed E-state index contributed by atoms with van der Waals surface area (Å²) in [5, 5.41) is 21.3. The largest absolute Gasteiger partial charge is 0.394 e. The highest BCUT2D eigenvalue weighted by Crippen LogP contribution is 2.23. The summed E-state index contributed by atoms with van der Waals surface area (Å²) in [5.41, 5.74) is 1.00. The monoisotopic (exact) mass is 280 g/mol. The van der Waals surface area contributed by atoms with Gasteiger partial charge in [0, 0.05) is 11.3 Å². The van der Waals surface area contributed by atoms with Crippen molar-refractivity contribution in [2.45, 2.75) is 12.1 Å². The van der Waals surface area contributed by atoms with E-state index in [2.05, 4.69) is 10.3 Å². The molecule has 0 radical (unpaired) electrons. The Bertz CT molecular complexity index is 460. The highest BCUT2D eigenvalue weighted by atomic mass is 32.2. The maximum Gasteiger partial charge on any atom is 0.246 e. The van der Waals surface area contributed by atoms with Gasteiger partial charge in [0.05, 0.1) is 24.3 Å². The predicted octanol–water partition coefficient (Wildman–Crippen LogP) is 0.0180. The minimum atomic E-state index is -0.617. The lowest BCUT2D eigenvalue weighted by Gasteiger charge is -2.14. The van der Waals surface area contributed by atoms with Gasteiger partial charge in [-0.05, 0) is 0 Å². The van der Waals surface area contributed by atoms with Crippen LogP contribution in [0.25, 0.3) is 0 Å². The molecule has 1 unspecified atom stereocenters. The maximum absolute atomic E-state index is 11.9. The Balaban J connectivity index is 2.00. The number of rotatable bonds is 5. The van der Waals surface area contributed by atoms with E-state index < -0.39 is 12.1 Å². The van der Waals surface area contributed by atoms with Gasteiger partial charge < -0.3 is 15.5 Å². The minimum absolute atomic E-state index is 0.258. The summed E-state index contributed by atoms with van der Waals surface area (Å²) in [6.45, 7) is -0.561. The molecule has 5 nitrogen and oxygen atoms in total. The van der Waals surface area contributed by atoms with E-state index in [1.807, 2.05) is 30.3 Å². The van der Waals surface area contributed by atoms with Crippen LogP contribution in [0.4, 0.5) is 0 Å². The summed E-state index contributed by atoms with van der Waals surface area (Å²) < 4.78 is 0. The number of carbonyl (C=O) groups is 1. The van der Waals surface area contributed by atoms with E-state index in [0.717, 1.165) is 10.6 Å². The first-order chi connectivity index (χ1) is 9.24. The van der Waals surface area contributed by atoms with Crippen molar-refractivity contribution >= 4 is 22.7 Å². The number of aliphatic imine (C=N–C) groups is 1. The second-order valence-electron chi connectivity index (χ2n) is 4.20. The Kier molecular flexibility index (Phi) is 4.95. The number of thioether (sulfide) groups is 1. The van der Waals surface area contributed by atoms with Crippen molar-refractivity contribution < 1.29 is 15.0 Å². The molecule has 1 amide bonds. The van der Waals surface area contributed by atoms with Gasteiger partial charge in [-0.2, -0.15) is 0 Å². The molecular formula is C13H16N2O3S. The molecule has 0 bridgehead atoms. The molecule has 0 aromatic heterocycles. The molecule has 6 heteroatoms. The Hall–Kier alpha value is -1.37. The molecule has 0 saturated heterocycles. The predicted molar refractivity (Wildman–Crippen MR) is 75.3 cm³/mol. The van der Waals surface area contributed by atoms with Crippen LogP contribution in [0.2, 0.25) is 0 Å². The van der Waals surface area contributed by atoms with E-state index in [9.17, 15) is 4.79 Å². The average Bonchev–Trinajstić information content (AvgIpc) is 2.95. The molecule has 1 aliphatic rings. The van der Waals surface area contributed by atoms with Gasteiger partial charge >= 0.3 is 0 Å². The van der Waals surface area contributed by atoms with Gasteiger partial charge in [-0.25, -0.2) is 0 Å². The lowest BCUT2D eigenvalue weighted by molar-refractivity contribution is -0.123. The van der Waals surface area contributed by atoms with E-state index in [4.69, 9.17) is 10.2 Å². The normalized spacial score (nSPS) is 18.5. The highest BCUT2D eigenvalue weighted by Gasteiger charge is 2.26. The van der Waals surface area contributed by atoms with Crippen molar-refractivity contribution in [3.8, 4) is 0 Å². The molecule has 1 aromatic carbocycles. The topological polar surface area (TPSA) is 81.9 Å². The fourth-order valence-corrected chi connectivity index (χ4v) is 2.74. The lowest BCUT2D eigenvalue weighted by Crippen LogP contribution is -2.44. The lowest BCUT2D eigenvalue weighted by atomic mass is 10.2. The molecule has 19 heavy (non-hydrogen) atoms. The number of hydrogen-bond acceptors (Lipinski definition) is 5. The van der Waals surface area contributed by atoms with Crippen LogP contribution in [0.5, 0.6) is 0 Å². The van der Waals surface area contributed by atoms with Gasteiger partial charge in [0.2, 0.25) is 5.91 Å². The zero-order valence-electron chi connectivity index (χ0n) is 10.3. The van der Waals surface area contributed by atoms with Crippen molar-refractivity contribution in [2.24, 2.45) is 4.99 Å². The summed E-state index contributed by atoms with van der Waals surface area (Å²) in [7, 11) is 0. The van der Waals surface area contributed by atoms with Gasteiger partial charge in [0.25, 0.3) is 0 Å². The first kappa shape index (κ1) is 14.0. The van der Waals surface area contributed by atoms with E-state index in [1.54, 1.807) is 0 Å². The number of nitrogens with zero attached hydrogens (tertiary/aromatic N) is 1.